The fourth-order valence-electron chi connectivity index (χ4n) is 3.07. The SMILES string of the molecule is Cc1c(-c2ncnc(Nc3ccc(C(F)(F)F)cc3)c2F)ccc2cccnc12. The van der Waals surface area contributed by atoms with Crippen molar-refractivity contribution < 1.29 is 17.6 Å². The number of aryl methyl sites for hydroxylation is 1. The second kappa shape index (κ2) is 7.12. The molecule has 146 valence electrons. The number of hydrogen-bond donors (Lipinski definition) is 1. The minimum atomic E-state index is -4.44. The van der Waals surface area contributed by atoms with E-state index >= 15 is 4.39 Å². The van der Waals surface area contributed by atoms with E-state index in [0.717, 1.165) is 28.6 Å². The normalized spacial score (nSPS) is 11.6. The van der Waals surface area contributed by atoms with E-state index < -0.39 is 17.6 Å². The van der Waals surface area contributed by atoms with E-state index in [-0.39, 0.29) is 17.2 Å². The molecule has 2 aromatic carbocycles. The Morgan fingerprint density at radius 1 is 0.897 bits per heavy atom. The number of nitrogens with one attached hydrogen (secondary N) is 1. The molecule has 0 spiro atoms. The van der Waals surface area contributed by atoms with E-state index in [4.69, 9.17) is 0 Å². The van der Waals surface area contributed by atoms with Crippen molar-refractivity contribution in [3.63, 3.8) is 0 Å². The van der Waals surface area contributed by atoms with Crippen molar-refractivity contribution >= 4 is 22.4 Å². The van der Waals surface area contributed by atoms with Gasteiger partial charge in [-0.25, -0.2) is 14.4 Å². The van der Waals surface area contributed by atoms with E-state index in [9.17, 15) is 13.2 Å². The highest BCUT2D eigenvalue weighted by Crippen LogP contribution is 2.33. The van der Waals surface area contributed by atoms with Crippen LogP contribution in [-0.2, 0) is 6.18 Å². The van der Waals surface area contributed by atoms with Gasteiger partial charge in [-0.2, -0.15) is 13.2 Å². The molecule has 1 N–H and O–H groups in total. The average Bonchev–Trinajstić information content (AvgIpc) is 2.70. The van der Waals surface area contributed by atoms with Gasteiger partial charge < -0.3 is 5.32 Å². The van der Waals surface area contributed by atoms with Crippen molar-refractivity contribution in [2.75, 3.05) is 5.32 Å². The third-order valence-corrected chi connectivity index (χ3v) is 4.55. The van der Waals surface area contributed by atoms with Crippen molar-refractivity contribution in [2.45, 2.75) is 13.1 Å². The Hall–Kier alpha value is -3.55. The first-order valence-electron chi connectivity index (χ1n) is 8.64. The maximum atomic E-state index is 15.1. The molecular formula is C21H14F4N4. The fraction of sp³-hybridized carbons (Fsp3) is 0.0952. The molecule has 0 saturated carbocycles. The maximum absolute atomic E-state index is 15.1. The molecular weight excluding hydrogens is 384 g/mol. The van der Waals surface area contributed by atoms with Crippen LogP contribution in [0.25, 0.3) is 22.2 Å². The van der Waals surface area contributed by atoms with Crippen LogP contribution < -0.4 is 5.32 Å². The monoisotopic (exact) mass is 398 g/mol. The first-order chi connectivity index (χ1) is 13.8. The van der Waals surface area contributed by atoms with Gasteiger partial charge in [0.25, 0.3) is 0 Å². The molecule has 0 aliphatic rings. The fourth-order valence-corrected chi connectivity index (χ4v) is 3.07. The van der Waals surface area contributed by atoms with E-state index in [1.807, 2.05) is 25.1 Å². The number of anilines is 2. The summed E-state index contributed by atoms with van der Waals surface area (Å²) in [6.45, 7) is 1.83. The van der Waals surface area contributed by atoms with Gasteiger partial charge in [-0.3, -0.25) is 4.98 Å². The summed E-state index contributed by atoms with van der Waals surface area (Å²) in [6.07, 6.45) is -1.58. The van der Waals surface area contributed by atoms with Crippen LogP contribution in [0.4, 0.5) is 29.1 Å². The van der Waals surface area contributed by atoms with E-state index in [0.29, 0.717) is 5.56 Å². The Balaban J connectivity index is 1.71. The van der Waals surface area contributed by atoms with Crippen LogP contribution in [0.5, 0.6) is 0 Å². The number of rotatable bonds is 3. The average molecular weight is 398 g/mol. The van der Waals surface area contributed by atoms with Crippen molar-refractivity contribution in [3.8, 4) is 11.3 Å². The number of hydrogen-bond acceptors (Lipinski definition) is 4. The Bertz CT molecular complexity index is 1190. The van der Waals surface area contributed by atoms with Crippen LogP contribution in [0.1, 0.15) is 11.1 Å². The molecule has 0 fully saturated rings. The van der Waals surface area contributed by atoms with Crippen LogP contribution >= 0.6 is 0 Å². The second-order valence-electron chi connectivity index (χ2n) is 6.40. The van der Waals surface area contributed by atoms with Gasteiger partial charge >= 0.3 is 6.18 Å². The van der Waals surface area contributed by atoms with Gasteiger partial charge in [-0.15, -0.1) is 0 Å². The molecule has 0 saturated heterocycles. The third-order valence-electron chi connectivity index (χ3n) is 4.55. The molecule has 0 radical (unpaired) electrons. The predicted molar refractivity (Wildman–Crippen MR) is 102 cm³/mol. The van der Waals surface area contributed by atoms with Crippen LogP contribution in [0, 0.1) is 12.7 Å². The zero-order chi connectivity index (χ0) is 20.6. The van der Waals surface area contributed by atoms with Crippen LogP contribution in [0.15, 0.2) is 61.1 Å². The molecule has 2 heterocycles. The molecule has 4 rings (SSSR count). The van der Waals surface area contributed by atoms with Crippen molar-refractivity contribution in [1.82, 2.24) is 15.0 Å². The van der Waals surface area contributed by atoms with Crippen molar-refractivity contribution in [1.29, 1.82) is 0 Å². The van der Waals surface area contributed by atoms with Gasteiger partial charge in [-0.1, -0.05) is 18.2 Å². The van der Waals surface area contributed by atoms with Gasteiger partial charge in [0.2, 0.25) is 0 Å². The second-order valence-corrected chi connectivity index (χ2v) is 6.40. The molecule has 29 heavy (non-hydrogen) atoms. The summed E-state index contributed by atoms with van der Waals surface area (Å²) in [5.41, 5.74) is 1.64. The minimum Gasteiger partial charge on any atom is -0.338 e. The Morgan fingerprint density at radius 2 is 1.66 bits per heavy atom. The van der Waals surface area contributed by atoms with Crippen molar-refractivity contribution in [2.24, 2.45) is 0 Å². The highest BCUT2D eigenvalue weighted by Gasteiger charge is 2.30. The zero-order valence-electron chi connectivity index (χ0n) is 15.1. The molecule has 4 aromatic rings. The zero-order valence-corrected chi connectivity index (χ0v) is 15.1. The molecule has 0 amide bonds. The number of nitrogens with zero attached hydrogens (tertiary/aromatic N) is 3. The van der Waals surface area contributed by atoms with E-state index in [1.54, 1.807) is 12.3 Å². The van der Waals surface area contributed by atoms with E-state index in [2.05, 4.69) is 20.3 Å². The smallest absolute Gasteiger partial charge is 0.338 e. The largest absolute Gasteiger partial charge is 0.416 e. The number of pyridine rings is 1. The summed E-state index contributed by atoms with van der Waals surface area (Å²) in [7, 11) is 0. The molecule has 0 bridgehead atoms. The predicted octanol–water partition coefficient (Wildman–Crippen LogP) is 5.90. The summed E-state index contributed by atoms with van der Waals surface area (Å²) < 4.78 is 53.2. The number of alkyl halides is 3. The molecule has 2 aromatic heterocycles. The summed E-state index contributed by atoms with van der Waals surface area (Å²) in [4.78, 5) is 12.3. The quantitative estimate of drug-likeness (QED) is 0.437. The Morgan fingerprint density at radius 3 is 2.38 bits per heavy atom. The van der Waals surface area contributed by atoms with Gasteiger partial charge in [0.15, 0.2) is 11.6 Å². The summed E-state index contributed by atoms with van der Waals surface area (Å²) in [6, 6.07) is 11.6. The molecule has 8 heteroatoms. The van der Waals surface area contributed by atoms with Gasteiger partial charge in [0, 0.05) is 22.8 Å². The first kappa shape index (κ1) is 18.8. The first-order valence-corrected chi connectivity index (χ1v) is 8.64. The maximum Gasteiger partial charge on any atom is 0.416 e. The van der Waals surface area contributed by atoms with Crippen LogP contribution in [0.3, 0.4) is 0 Å². The molecule has 0 aliphatic heterocycles. The lowest BCUT2D eigenvalue weighted by Gasteiger charge is -2.12. The Labute approximate surface area is 163 Å². The molecule has 0 unspecified atom stereocenters. The molecule has 0 aliphatic carbocycles. The lowest BCUT2D eigenvalue weighted by Crippen LogP contribution is -2.05. The lowest BCUT2D eigenvalue weighted by atomic mass is 10.0. The Kier molecular flexibility index (Phi) is 4.62. The number of fused-ring (bicyclic) bond motifs is 1. The number of halogens is 4. The topological polar surface area (TPSA) is 50.7 Å². The van der Waals surface area contributed by atoms with E-state index in [1.165, 1.54) is 18.5 Å². The highest BCUT2D eigenvalue weighted by molar-refractivity contribution is 5.88. The van der Waals surface area contributed by atoms with Crippen LogP contribution in [-0.4, -0.2) is 15.0 Å². The van der Waals surface area contributed by atoms with Gasteiger partial charge in [0.05, 0.1) is 11.1 Å². The third kappa shape index (κ3) is 3.61. The number of benzene rings is 2. The minimum absolute atomic E-state index is 0.0828. The summed E-state index contributed by atoms with van der Waals surface area (Å²) in [5, 5.41) is 3.63. The standard InChI is InChI=1S/C21H14F4N4/c1-12-16(9-4-13-3-2-10-26-18(12)13)19-17(22)20(28-11-27-19)29-15-7-5-14(6-8-15)21(23,24)25/h2-11H,1H3,(H,27,28,29). The summed E-state index contributed by atoms with van der Waals surface area (Å²) >= 11 is 0. The van der Waals surface area contributed by atoms with Gasteiger partial charge in [0.1, 0.15) is 12.0 Å². The van der Waals surface area contributed by atoms with Crippen molar-refractivity contribution in [3.05, 3.63) is 78.0 Å². The lowest BCUT2D eigenvalue weighted by molar-refractivity contribution is -0.137. The highest BCUT2D eigenvalue weighted by atomic mass is 19.4. The van der Waals surface area contributed by atoms with Crippen LogP contribution in [0.2, 0.25) is 0 Å². The molecule has 4 nitrogen and oxygen atoms in total. The molecule has 0 atom stereocenters. The number of aromatic nitrogens is 3. The van der Waals surface area contributed by atoms with Gasteiger partial charge in [-0.05, 0) is 42.8 Å². The summed E-state index contributed by atoms with van der Waals surface area (Å²) in [5.74, 6) is -0.832.